The summed E-state index contributed by atoms with van der Waals surface area (Å²) >= 11 is 0. The first-order chi connectivity index (χ1) is 12.6. The minimum absolute atomic E-state index is 0.291. The summed E-state index contributed by atoms with van der Waals surface area (Å²) in [5, 5.41) is 0. The Hall–Kier alpha value is -2.80. The number of allylic oxidation sites excluding steroid dienone is 8. The average Bonchev–Trinajstić information content (AvgIpc) is 3.35. The van der Waals surface area contributed by atoms with Gasteiger partial charge in [-0.25, -0.2) is 0 Å². The Morgan fingerprint density at radius 1 is 1.08 bits per heavy atom. The van der Waals surface area contributed by atoms with Gasteiger partial charge in [0.2, 0.25) is 0 Å². The maximum absolute atomic E-state index is 5.51. The molecule has 0 amide bonds. The molecule has 0 spiro atoms. The van der Waals surface area contributed by atoms with E-state index in [-0.39, 0.29) is 0 Å². The first-order valence-corrected chi connectivity index (χ1v) is 9.17. The van der Waals surface area contributed by atoms with E-state index in [4.69, 9.17) is 4.42 Å². The molecule has 2 aliphatic carbocycles. The van der Waals surface area contributed by atoms with Crippen LogP contribution in [0.1, 0.15) is 29.7 Å². The summed E-state index contributed by atoms with van der Waals surface area (Å²) in [5.74, 6) is 1.29. The number of furan rings is 1. The van der Waals surface area contributed by atoms with Crippen LogP contribution in [0.25, 0.3) is 5.57 Å². The van der Waals surface area contributed by atoms with E-state index < -0.39 is 0 Å². The number of hydrogen-bond acceptors (Lipinski definition) is 1. The van der Waals surface area contributed by atoms with Crippen molar-refractivity contribution in [2.45, 2.75) is 26.2 Å². The predicted octanol–water partition coefficient (Wildman–Crippen LogP) is 6.60. The molecule has 1 heteroatoms. The van der Waals surface area contributed by atoms with E-state index in [1.165, 1.54) is 39.0 Å². The number of benzene rings is 1. The molecule has 0 N–H and O–H groups in total. The topological polar surface area (TPSA) is 13.1 Å². The molecule has 0 radical (unpaired) electrons. The summed E-state index contributed by atoms with van der Waals surface area (Å²) in [7, 11) is 0. The van der Waals surface area contributed by atoms with E-state index in [2.05, 4.69) is 62.6 Å². The second-order valence-corrected chi connectivity index (χ2v) is 7.34. The minimum atomic E-state index is 0.291. The molecule has 1 fully saturated rings. The molecule has 1 aromatic carbocycles. The van der Waals surface area contributed by atoms with Gasteiger partial charge in [-0.3, -0.25) is 0 Å². The molecular weight excluding hydrogens is 316 g/mol. The zero-order chi connectivity index (χ0) is 18.1. The lowest BCUT2D eigenvalue weighted by Crippen LogP contribution is -2.02. The zero-order valence-electron chi connectivity index (χ0n) is 15.3. The highest BCUT2D eigenvalue weighted by Gasteiger charge is 2.28. The van der Waals surface area contributed by atoms with Crippen LogP contribution in [0.4, 0.5) is 0 Å². The minimum Gasteiger partial charge on any atom is -0.469 e. The van der Waals surface area contributed by atoms with Crippen molar-refractivity contribution in [2.75, 3.05) is 0 Å². The van der Waals surface area contributed by atoms with Gasteiger partial charge in [0.05, 0.1) is 6.26 Å². The fourth-order valence-electron chi connectivity index (χ4n) is 3.83. The van der Waals surface area contributed by atoms with Crippen molar-refractivity contribution in [1.82, 2.24) is 0 Å². The molecule has 0 bridgehead atoms. The Morgan fingerprint density at radius 3 is 2.62 bits per heavy atom. The zero-order valence-corrected chi connectivity index (χ0v) is 15.3. The van der Waals surface area contributed by atoms with Crippen LogP contribution in [-0.2, 0) is 6.42 Å². The molecule has 26 heavy (non-hydrogen) atoms. The van der Waals surface area contributed by atoms with Crippen LogP contribution in [0, 0.1) is 12.8 Å². The second kappa shape index (κ2) is 6.84. The van der Waals surface area contributed by atoms with Crippen molar-refractivity contribution in [3.8, 4) is 0 Å². The highest BCUT2D eigenvalue weighted by atomic mass is 16.3. The quantitative estimate of drug-likeness (QED) is 0.571. The lowest BCUT2D eigenvalue weighted by molar-refractivity contribution is 0.490. The second-order valence-electron chi connectivity index (χ2n) is 7.34. The highest BCUT2D eigenvalue weighted by molar-refractivity contribution is 5.74. The standard InChI is InChI=1S/C25H24O/c1-17-6-9-21(10-7-17)22-11-8-20(14-22)15-23-13-18(2)25(19(23)3)16-24-5-4-12-26-24/h4-12,15,25H,2-3,13-14,16H2,1H3/b23-15+. The molecule has 130 valence electrons. The molecular formula is C25H24O. The number of hydrogen-bond donors (Lipinski definition) is 0. The fraction of sp³-hybridized carbons (Fsp3) is 0.200. The number of rotatable bonds is 4. The van der Waals surface area contributed by atoms with Gasteiger partial charge < -0.3 is 4.42 Å². The maximum atomic E-state index is 5.51. The SMILES string of the molecule is C=C1C/C(=C\C2=CC=C(c3ccc(C)cc3)C2)C(=C)C1Cc1ccco1. The largest absolute Gasteiger partial charge is 0.469 e. The summed E-state index contributed by atoms with van der Waals surface area (Å²) in [5.41, 5.74) is 9.08. The van der Waals surface area contributed by atoms with E-state index in [1.807, 2.05) is 12.1 Å². The van der Waals surface area contributed by atoms with Crippen LogP contribution in [0.5, 0.6) is 0 Å². The Labute approximate surface area is 155 Å². The van der Waals surface area contributed by atoms with Gasteiger partial charge in [0, 0.05) is 12.3 Å². The van der Waals surface area contributed by atoms with Crippen LogP contribution in [0.2, 0.25) is 0 Å². The van der Waals surface area contributed by atoms with Gasteiger partial charge in [-0.05, 0) is 59.8 Å². The van der Waals surface area contributed by atoms with E-state index in [0.717, 1.165) is 25.0 Å². The Kier molecular flexibility index (Phi) is 4.38. The molecule has 1 aromatic heterocycles. The van der Waals surface area contributed by atoms with Crippen molar-refractivity contribution in [1.29, 1.82) is 0 Å². The highest BCUT2D eigenvalue weighted by Crippen LogP contribution is 2.42. The first-order valence-electron chi connectivity index (χ1n) is 9.17. The molecule has 0 saturated heterocycles. The van der Waals surface area contributed by atoms with E-state index in [0.29, 0.717) is 5.92 Å². The van der Waals surface area contributed by atoms with Gasteiger partial charge in [0.1, 0.15) is 5.76 Å². The third kappa shape index (κ3) is 3.30. The summed E-state index contributed by atoms with van der Waals surface area (Å²) < 4.78 is 5.51. The number of aryl methyl sites for hydroxylation is 1. The third-order valence-corrected chi connectivity index (χ3v) is 5.40. The van der Waals surface area contributed by atoms with Gasteiger partial charge >= 0.3 is 0 Å². The van der Waals surface area contributed by atoms with Crippen LogP contribution in [0.15, 0.2) is 101 Å². The molecule has 2 aliphatic rings. The molecule has 4 rings (SSSR count). The Bertz CT molecular complexity index is 931. The molecule has 0 aliphatic heterocycles. The molecule has 1 unspecified atom stereocenters. The van der Waals surface area contributed by atoms with Crippen molar-refractivity contribution in [2.24, 2.45) is 5.92 Å². The van der Waals surface area contributed by atoms with Gasteiger partial charge in [0.15, 0.2) is 0 Å². The normalized spacial score (nSPS) is 21.4. The van der Waals surface area contributed by atoms with Crippen molar-refractivity contribution in [3.63, 3.8) is 0 Å². The van der Waals surface area contributed by atoms with E-state index in [1.54, 1.807) is 6.26 Å². The Morgan fingerprint density at radius 2 is 1.88 bits per heavy atom. The van der Waals surface area contributed by atoms with Crippen molar-refractivity contribution < 1.29 is 4.42 Å². The fourth-order valence-corrected chi connectivity index (χ4v) is 3.83. The molecule has 1 atom stereocenters. The van der Waals surface area contributed by atoms with E-state index >= 15 is 0 Å². The van der Waals surface area contributed by atoms with Crippen molar-refractivity contribution in [3.05, 3.63) is 113 Å². The van der Waals surface area contributed by atoms with Gasteiger partial charge in [-0.1, -0.05) is 66.8 Å². The smallest absolute Gasteiger partial charge is 0.104 e. The predicted molar refractivity (Wildman–Crippen MR) is 109 cm³/mol. The average molecular weight is 340 g/mol. The Balaban J connectivity index is 1.45. The van der Waals surface area contributed by atoms with Crippen molar-refractivity contribution >= 4 is 5.57 Å². The molecule has 1 heterocycles. The van der Waals surface area contributed by atoms with Gasteiger partial charge in [-0.15, -0.1) is 0 Å². The molecule has 1 nitrogen and oxygen atoms in total. The van der Waals surface area contributed by atoms with Gasteiger partial charge in [0.25, 0.3) is 0 Å². The summed E-state index contributed by atoms with van der Waals surface area (Å²) in [6.07, 6.45) is 11.3. The molecule has 2 aromatic rings. The molecule has 1 saturated carbocycles. The maximum Gasteiger partial charge on any atom is 0.104 e. The first kappa shape index (κ1) is 16.7. The lowest BCUT2D eigenvalue weighted by Gasteiger charge is -2.10. The van der Waals surface area contributed by atoms with Crippen LogP contribution < -0.4 is 0 Å². The lowest BCUT2D eigenvalue weighted by atomic mass is 9.94. The summed E-state index contributed by atoms with van der Waals surface area (Å²) in [4.78, 5) is 0. The third-order valence-electron chi connectivity index (χ3n) is 5.40. The summed E-state index contributed by atoms with van der Waals surface area (Å²) in [6.45, 7) is 10.8. The van der Waals surface area contributed by atoms with Gasteiger partial charge in [-0.2, -0.15) is 0 Å². The van der Waals surface area contributed by atoms with Crippen LogP contribution >= 0.6 is 0 Å². The monoisotopic (exact) mass is 340 g/mol. The summed E-state index contributed by atoms with van der Waals surface area (Å²) in [6, 6.07) is 12.7. The van der Waals surface area contributed by atoms with E-state index in [9.17, 15) is 0 Å². The van der Waals surface area contributed by atoms with Crippen LogP contribution in [-0.4, -0.2) is 0 Å². The van der Waals surface area contributed by atoms with Crippen LogP contribution in [0.3, 0.4) is 0 Å².